The predicted octanol–water partition coefficient (Wildman–Crippen LogP) is 2.99. The van der Waals surface area contributed by atoms with Crippen molar-refractivity contribution in [3.8, 4) is 0 Å². The maximum atomic E-state index is 12.4. The van der Waals surface area contributed by atoms with E-state index < -0.39 is 11.9 Å². The molecule has 2 heterocycles. The molecule has 2 rings (SSSR count). The Hall–Kier alpha value is -1.10. The van der Waals surface area contributed by atoms with Gasteiger partial charge in [-0.15, -0.1) is 0 Å². The van der Waals surface area contributed by atoms with Crippen molar-refractivity contribution in [3.63, 3.8) is 0 Å². The van der Waals surface area contributed by atoms with Gasteiger partial charge in [0.15, 0.2) is 0 Å². The molecule has 0 unspecified atom stereocenters. The summed E-state index contributed by atoms with van der Waals surface area (Å²) in [5.74, 6) is 0.165. The lowest BCUT2D eigenvalue weighted by Crippen LogP contribution is -2.15. The third-order valence-corrected chi connectivity index (χ3v) is 2.77. The van der Waals surface area contributed by atoms with Crippen LogP contribution in [0.2, 0.25) is 0 Å². The van der Waals surface area contributed by atoms with Gasteiger partial charge in [-0.25, -0.2) is 0 Å². The van der Waals surface area contributed by atoms with Gasteiger partial charge < -0.3 is 4.74 Å². The Balaban J connectivity index is 2.21. The van der Waals surface area contributed by atoms with Crippen LogP contribution in [0.1, 0.15) is 30.0 Å². The van der Waals surface area contributed by atoms with Gasteiger partial charge in [-0.05, 0) is 36.5 Å². The van der Waals surface area contributed by atoms with Crippen LogP contribution in [0.4, 0.5) is 13.2 Å². The molecule has 1 aromatic heterocycles. The lowest BCUT2D eigenvalue weighted by molar-refractivity contribution is -0.141. The lowest BCUT2D eigenvalue weighted by atomic mass is 9.92. The first-order valence-electron chi connectivity index (χ1n) is 5.18. The molecular formula is C11H12F3NO. The second-order valence-electron chi connectivity index (χ2n) is 3.86. The molecule has 0 radical (unpaired) electrons. The van der Waals surface area contributed by atoms with E-state index in [0.29, 0.717) is 18.8 Å². The van der Waals surface area contributed by atoms with E-state index in [-0.39, 0.29) is 5.92 Å². The number of aromatic nitrogens is 1. The molecule has 2 nitrogen and oxygen atoms in total. The fourth-order valence-electron chi connectivity index (χ4n) is 1.89. The van der Waals surface area contributed by atoms with E-state index in [0.717, 1.165) is 18.9 Å². The number of ether oxygens (including phenoxy) is 1. The fraction of sp³-hybridized carbons (Fsp3) is 0.545. The SMILES string of the molecule is FC(F)(F)c1cc(C2CCOCC2)ccn1. The highest BCUT2D eigenvalue weighted by atomic mass is 19.4. The summed E-state index contributed by atoms with van der Waals surface area (Å²) in [6.07, 6.45) is -1.57. The van der Waals surface area contributed by atoms with Crippen LogP contribution < -0.4 is 0 Å². The molecule has 1 aliphatic rings. The summed E-state index contributed by atoms with van der Waals surface area (Å²) in [4.78, 5) is 3.35. The van der Waals surface area contributed by atoms with E-state index >= 15 is 0 Å². The van der Waals surface area contributed by atoms with Gasteiger partial charge in [0.05, 0.1) is 0 Å². The van der Waals surface area contributed by atoms with Crippen molar-refractivity contribution < 1.29 is 17.9 Å². The summed E-state index contributed by atoms with van der Waals surface area (Å²) in [5, 5.41) is 0. The summed E-state index contributed by atoms with van der Waals surface area (Å²) >= 11 is 0. The van der Waals surface area contributed by atoms with Gasteiger partial charge in [-0.1, -0.05) is 0 Å². The topological polar surface area (TPSA) is 22.1 Å². The van der Waals surface area contributed by atoms with E-state index in [9.17, 15) is 13.2 Å². The van der Waals surface area contributed by atoms with Crippen LogP contribution in [0.25, 0.3) is 0 Å². The molecule has 0 aromatic carbocycles. The molecule has 16 heavy (non-hydrogen) atoms. The highest BCUT2D eigenvalue weighted by Gasteiger charge is 2.33. The van der Waals surface area contributed by atoms with Gasteiger partial charge in [0.25, 0.3) is 0 Å². The fourth-order valence-corrected chi connectivity index (χ4v) is 1.89. The van der Waals surface area contributed by atoms with Gasteiger partial charge >= 0.3 is 6.18 Å². The van der Waals surface area contributed by atoms with Crippen LogP contribution in [0, 0.1) is 0 Å². The Morgan fingerprint density at radius 3 is 2.56 bits per heavy atom. The monoisotopic (exact) mass is 231 g/mol. The molecule has 1 aliphatic heterocycles. The molecule has 5 heteroatoms. The summed E-state index contributed by atoms with van der Waals surface area (Å²) in [6.45, 7) is 1.24. The number of alkyl halides is 3. The molecule has 0 atom stereocenters. The second kappa shape index (κ2) is 4.41. The molecule has 0 bridgehead atoms. The third kappa shape index (κ3) is 2.52. The lowest BCUT2D eigenvalue weighted by Gasteiger charge is -2.22. The molecule has 0 saturated carbocycles. The minimum atomic E-state index is -4.36. The molecular weight excluding hydrogens is 219 g/mol. The summed E-state index contributed by atoms with van der Waals surface area (Å²) in [7, 11) is 0. The first kappa shape index (κ1) is 11.4. The van der Waals surface area contributed by atoms with E-state index in [1.807, 2.05) is 0 Å². The van der Waals surface area contributed by atoms with Crippen molar-refractivity contribution in [2.45, 2.75) is 24.9 Å². The highest BCUT2D eigenvalue weighted by molar-refractivity contribution is 5.22. The van der Waals surface area contributed by atoms with Crippen molar-refractivity contribution in [1.29, 1.82) is 0 Å². The first-order valence-corrected chi connectivity index (χ1v) is 5.18. The number of hydrogen-bond donors (Lipinski definition) is 0. The first-order chi connectivity index (χ1) is 7.57. The van der Waals surface area contributed by atoms with Crippen LogP contribution in [0.15, 0.2) is 18.3 Å². The molecule has 0 N–H and O–H groups in total. The van der Waals surface area contributed by atoms with Crippen LogP contribution in [0.3, 0.4) is 0 Å². The minimum Gasteiger partial charge on any atom is -0.381 e. The Labute approximate surface area is 91.4 Å². The maximum Gasteiger partial charge on any atom is 0.433 e. The maximum absolute atomic E-state index is 12.4. The molecule has 0 spiro atoms. The van der Waals surface area contributed by atoms with E-state index in [1.165, 1.54) is 6.20 Å². The molecule has 88 valence electrons. The summed E-state index contributed by atoms with van der Waals surface area (Å²) < 4.78 is 42.5. The van der Waals surface area contributed by atoms with Gasteiger partial charge in [0.1, 0.15) is 5.69 Å². The average molecular weight is 231 g/mol. The molecule has 0 aliphatic carbocycles. The molecule has 1 fully saturated rings. The van der Waals surface area contributed by atoms with E-state index in [4.69, 9.17) is 4.74 Å². The van der Waals surface area contributed by atoms with Gasteiger partial charge in [0.2, 0.25) is 0 Å². The van der Waals surface area contributed by atoms with E-state index in [1.54, 1.807) is 6.07 Å². The van der Waals surface area contributed by atoms with Crippen LogP contribution in [-0.2, 0) is 10.9 Å². The van der Waals surface area contributed by atoms with Crippen LogP contribution in [-0.4, -0.2) is 18.2 Å². The molecule has 1 saturated heterocycles. The number of nitrogens with zero attached hydrogens (tertiary/aromatic N) is 1. The minimum absolute atomic E-state index is 0.165. The number of halogens is 3. The summed E-state index contributed by atoms with van der Waals surface area (Å²) in [6, 6.07) is 2.81. The highest BCUT2D eigenvalue weighted by Crippen LogP contribution is 2.32. The predicted molar refractivity (Wildman–Crippen MR) is 52.0 cm³/mol. The van der Waals surface area contributed by atoms with Crippen molar-refractivity contribution in [2.24, 2.45) is 0 Å². The zero-order valence-corrected chi connectivity index (χ0v) is 8.63. The van der Waals surface area contributed by atoms with Crippen LogP contribution in [0.5, 0.6) is 0 Å². The van der Waals surface area contributed by atoms with Crippen molar-refractivity contribution >= 4 is 0 Å². The quantitative estimate of drug-likeness (QED) is 0.741. The Morgan fingerprint density at radius 1 is 1.25 bits per heavy atom. The Kier molecular flexibility index (Phi) is 3.14. The van der Waals surface area contributed by atoms with Crippen molar-refractivity contribution in [1.82, 2.24) is 4.98 Å². The van der Waals surface area contributed by atoms with Crippen LogP contribution >= 0.6 is 0 Å². The molecule has 1 aromatic rings. The Bertz CT molecular complexity index is 358. The zero-order valence-electron chi connectivity index (χ0n) is 8.63. The second-order valence-corrected chi connectivity index (χ2v) is 3.86. The number of pyridine rings is 1. The normalized spacial score (nSPS) is 18.7. The van der Waals surface area contributed by atoms with E-state index in [2.05, 4.69) is 4.98 Å². The van der Waals surface area contributed by atoms with Crippen molar-refractivity contribution in [3.05, 3.63) is 29.6 Å². The zero-order chi connectivity index (χ0) is 11.6. The van der Waals surface area contributed by atoms with Gasteiger partial charge in [-0.3, -0.25) is 4.98 Å². The Morgan fingerprint density at radius 2 is 1.94 bits per heavy atom. The number of hydrogen-bond acceptors (Lipinski definition) is 2. The van der Waals surface area contributed by atoms with Gasteiger partial charge in [-0.2, -0.15) is 13.2 Å². The van der Waals surface area contributed by atoms with Gasteiger partial charge in [0, 0.05) is 19.4 Å². The number of rotatable bonds is 1. The third-order valence-electron chi connectivity index (χ3n) is 2.77. The summed E-state index contributed by atoms with van der Waals surface area (Å²) in [5.41, 5.74) is -0.0953. The average Bonchev–Trinajstić information content (AvgIpc) is 2.29. The molecule has 0 amide bonds. The largest absolute Gasteiger partial charge is 0.433 e. The standard InChI is InChI=1S/C11H12F3NO/c12-11(13,14)10-7-9(1-4-15-10)8-2-5-16-6-3-8/h1,4,7-8H,2-3,5-6H2. The smallest absolute Gasteiger partial charge is 0.381 e. The van der Waals surface area contributed by atoms with Crippen molar-refractivity contribution in [2.75, 3.05) is 13.2 Å².